The minimum Gasteiger partial charge on any atom is -0.494 e. The lowest BCUT2D eigenvalue weighted by molar-refractivity contribution is -0.141. The van der Waals surface area contributed by atoms with Crippen molar-refractivity contribution in [2.24, 2.45) is 0 Å². The number of fused-ring (bicyclic) bond motifs is 1. The van der Waals surface area contributed by atoms with Gasteiger partial charge in [-0.15, -0.1) is 0 Å². The van der Waals surface area contributed by atoms with Gasteiger partial charge in [-0.3, -0.25) is 9.59 Å². The van der Waals surface area contributed by atoms with Crippen molar-refractivity contribution < 1.29 is 19.4 Å². The van der Waals surface area contributed by atoms with Crippen LogP contribution in [0.1, 0.15) is 25.3 Å². The van der Waals surface area contributed by atoms with Crippen molar-refractivity contribution in [3.8, 4) is 5.75 Å². The first-order valence-electron chi connectivity index (χ1n) is 8.43. The van der Waals surface area contributed by atoms with Gasteiger partial charge in [0.2, 0.25) is 0 Å². The molecule has 6 heteroatoms. The lowest BCUT2D eigenvalue weighted by Crippen LogP contribution is -2.42. The van der Waals surface area contributed by atoms with Crippen molar-refractivity contribution in [2.45, 2.75) is 25.4 Å². The molecule has 2 aromatic rings. The summed E-state index contributed by atoms with van der Waals surface area (Å²) in [5.41, 5.74) is -0.647. The number of halogens is 1. The molecule has 1 heterocycles. The fourth-order valence-electron chi connectivity index (χ4n) is 3.20. The standard InChI is InChI=1S/C20H20ClNO4/c1-14(23)13-20(25)17-5-2-3-6-18(17)22(19(20)24)11-4-12-26-16-9-7-15(21)8-10-16/h2-3,5-10,25H,4,11-13H2,1H3/t20-/m1/s1. The smallest absolute Gasteiger partial charge is 0.264 e. The summed E-state index contributed by atoms with van der Waals surface area (Å²) in [5.74, 6) is 0.0135. The molecule has 2 aromatic carbocycles. The van der Waals surface area contributed by atoms with Crippen molar-refractivity contribution in [3.05, 3.63) is 59.1 Å². The van der Waals surface area contributed by atoms with E-state index in [1.165, 1.54) is 11.8 Å². The number of hydrogen-bond acceptors (Lipinski definition) is 4. The fourth-order valence-corrected chi connectivity index (χ4v) is 3.33. The van der Waals surface area contributed by atoms with E-state index in [4.69, 9.17) is 16.3 Å². The average molecular weight is 374 g/mol. The largest absolute Gasteiger partial charge is 0.494 e. The molecular formula is C20H20ClNO4. The number of rotatable bonds is 7. The zero-order valence-electron chi connectivity index (χ0n) is 14.4. The molecule has 5 nitrogen and oxygen atoms in total. The second-order valence-electron chi connectivity index (χ2n) is 6.37. The Morgan fingerprint density at radius 3 is 2.58 bits per heavy atom. The molecule has 3 rings (SSSR count). The average Bonchev–Trinajstić information content (AvgIpc) is 2.81. The Morgan fingerprint density at radius 1 is 1.19 bits per heavy atom. The van der Waals surface area contributed by atoms with Gasteiger partial charge in [0, 0.05) is 23.6 Å². The zero-order valence-corrected chi connectivity index (χ0v) is 15.2. The third-order valence-electron chi connectivity index (χ3n) is 4.35. The molecule has 0 aliphatic carbocycles. The number of Topliss-reactive ketones (excluding diaryl/α,β-unsaturated/α-hetero) is 1. The Morgan fingerprint density at radius 2 is 1.88 bits per heavy atom. The molecule has 0 bridgehead atoms. The third-order valence-corrected chi connectivity index (χ3v) is 4.60. The highest BCUT2D eigenvalue weighted by atomic mass is 35.5. The van der Waals surface area contributed by atoms with Crippen LogP contribution in [0.5, 0.6) is 5.75 Å². The van der Waals surface area contributed by atoms with Crippen molar-refractivity contribution in [3.63, 3.8) is 0 Å². The first-order chi connectivity index (χ1) is 12.4. The molecule has 0 saturated carbocycles. The number of carbonyl (C=O) groups is 2. The number of hydrogen-bond donors (Lipinski definition) is 1. The van der Waals surface area contributed by atoms with E-state index in [0.29, 0.717) is 41.6 Å². The lowest BCUT2D eigenvalue weighted by Gasteiger charge is -2.22. The maximum atomic E-state index is 12.8. The number of aliphatic hydroxyl groups is 1. The second-order valence-corrected chi connectivity index (χ2v) is 6.81. The summed E-state index contributed by atoms with van der Waals surface area (Å²) in [6.45, 7) is 2.18. The van der Waals surface area contributed by atoms with Crippen molar-refractivity contribution >= 4 is 29.0 Å². The summed E-state index contributed by atoms with van der Waals surface area (Å²) in [6, 6.07) is 14.1. The topological polar surface area (TPSA) is 66.8 Å². The quantitative estimate of drug-likeness (QED) is 0.756. The van der Waals surface area contributed by atoms with Gasteiger partial charge in [-0.05, 0) is 43.7 Å². The SMILES string of the molecule is CC(=O)C[C@]1(O)C(=O)N(CCCOc2ccc(Cl)cc2)c2ccccc21. The first-order valence-corrected chi connectivity index (χ1v) is 8.81. The Kier molecular flexibility index (Phi) is 5.30. The summed E-state index contributed by atoms with van der Waals surface area (Å²) < 4.78 is 5.65. The molecule has 26 heavy (non-hydrogen) atoms. The second kappa shape index (κ2) is 7.48. The summed E-state index contributed by atoms with van der Waals surface area (Å²) in [6.07, 6.45) is 0.361. The Hall–Kier alpha value is -2.37. The van der Waals surface area contributed by atoms with Gasteiger partial charge in [0.1, 0.15) is 11.5 Å². The molecule has 1 N–H and O–H groups in total. The number of anilines is 1. The van der Waals surface area contributed by atoms with Crippen molar-refractivity contribution in [2.75, 3.05) is 18.1 Å². The minimum atomic E-state index is -1.78. The summed E-state index contributed by atoms with van der Waals surface area (Å²) >= 11 is 5.84. The molecule has 0 fully saturated rings. The molecule has 0 aromatic heterocycles. The Labute approximate surface area is 157 Å². The van der Waals surface area contributed by atoms with Crippen LogP contribution in [0.15, 0.2) is 48.5 Å². The van der Waals surface area contributed by atoms with E-state index in [9.17, 15) is 14.7 Å². The maximum absolute atomic E-state index is 12.8. The van der Waals surface area contributed by atoms with E-state index in [1.807, 2.05) is 6.07 Å². The number of ether oxygens (including phenoxy) is 1. The van der Waals surface area contributed by atoms with E-state index in [2.05, 4.69) is 0 Å². The van der Waals surface area contributed by atoms with E-state index in [1.54, 1.807) is 42.5 Å². The number of carbonyl (C=O) groups excluding carboxylic acids is 2. The summed E-state index contributed by atoms with van der Waals surface area (Å²) in [4.78, 5) is 25.9. The van der Waals surface area contributed by atoms with Gasteiger partial charge in [-0.25, -0.2) is 0 Å². The molecule has 0 saturated heterocycles. The van der Waals surface area contributed by atoms with E-state index >= 15 is 0 Å². The summed E-state index contributed by atoms with van der Waals surface area (Å²) in [5, 5.41) is 11.5. The van der Waals surface area contributed by atoms with Gasteiger partial charge in [0.05, 0.1) is 12.3 Å². The van der Waals surface area contributed by atoms with Crippen LogP contribution in [-0.2, 0) is 15.2 Å². The molecule has 1 amide bonds. The highest BCUT2D eigenvalue weighted by molar-refractivity contribution is 6.30. The monoisotopic (exact) mass is 373 g/mol. The van der Waals surface area contributed by atoms with Crippen LogP contribution in [0, 0.1) is 0 Å². The fraction of sp³-hybridized carbons (Fsp3) is 0.300. The van der Waals surface area contributed by atoms with Gasteiger partial charge in [0.15, 0.2) is 5.60 Å². The molecule has 1 aliphatic heterocycles. The van der Waals surface area contributed by atoms with Gasteiger partial charge in [0.25, 0.3) is 5.91 Å². The highest BCUT2D eigenvalue weighted by Gasteiger charge is 2.49. The zero-order chi connectivity index (χ0) is 18.7. The van der Waals surface area contributed by atoms with Gasteiger partial charge >= 0.3 is 0 Å². The molecular weight excluding hydrogens is 354 g/mol. The van der Waals surface area contributed by atoms with Crippen molar-refractivity contribution in [1.82, 2.24) is 0 Å². The molecule has 0 unspecified atom stereocenters. The summed E-state index contributed by atoms with van der Waals surface area (Å²) in [7, 11) is 0. The Balaban J connectivity index is 1.67. The molecule has 1 aliphatic rings. The predicted molar refractivity (Wildman–Crippen MR) is 99.6 cm³/mol. The van der Waals surface area contributed by atoms with Gasteiger partial charge in [-0.1, -0.05) is 29.8 Å². The van der Waals surface area contributed by atoms with Gasteiger partial charge < -0.3 is 14.7 Å². The molecule has 0 spiro atoms. The van der Waals surface area contributed by atoms with E-state index in [0.717, 1.165) is 0 Å². The van der Waals surface area contributed by atoms with Crippen LogP contribution in [0.4, 0.5) is 5.69 Å². The number of nitrogens with zero attached hydrogens (tertiary/aromatic N) is 1. The predicted octanol–water partition coefficient (Wildman–Crippen LogP) is 3.32. The van der Waals surface area contributed by atoms with Crippen LogP contribution in [0.2, 0.25) is 5.02 Å². The van der Waals surface area contributed by atoms with Gasteiger partial charge in [-0.2, -0.15) is 0 Å². The number of amides is 1. The maximum Gasteiger partial charge on any atom is 0.264 e. The van der Waals surface area contributed by atoms with Crippen LogP contribution < -0.4 is 9.64 Å². The van der Waals surface area contributed by atoms with Crippen LogP contribution >= 0.6 is 11.6 Å². The Bertz CT molecular complexity index is 821. The van der Waals surface area contributed by atoms with E-state index < -0.39 is 11.5 Å². The molecule has 1 atom stereocenters. The molecule has 136 valence electrons. The normalized spacial score (nSPS) is 18.7. The van der Waals surface area contributed by atoms with Crippen molar-refractivity contribution in [1.29, 1.82) is 0 Å². The van der Waals surface area contributed by atoms with Crippen LogP contribution in [0.25, 0.3) is 0 Å². The highest BCUT2D eigenvalue weighted by Crippen LogP contribution is 2.42. The van der Waals surface area contributed by atoms with E-state index in [-0.39, 0.29) is 12.2 Å². The minimum absolute atomic E-state index is 0.222. The lowest BCUT2D eigenvalue weighted by atomic mass is 9.90. The number of para-hydroxylation sites is 1. The third kappa shape index (κ3) is 3.59. The number of ketones is 1. The first kappa shape index (κ1) is 18.4. The molecule has 0 radical (unpaired) electrons. The number of benzene rings is 2. The van der Waals surface area contributed by atoms with Crippen LogP contribution in [-0.4, -0.2) is 29.9 Å². The van der Waals surface area contributed by atoms with Crippen LogP contribution in [0.3, 0.4) is 0 Å².